The second-order valence-corrected chi connectivity index (χ2v) is 6.26. The maximum Gasteiger partial charge on any atom is 0.224 e. The van der Waals surface area contributed by atoms with E-state index in [1.807, 2.05) is 54.9 Å². The number of rotatable bonds is 6. The Morgan fingerprint density at radius 1 is 1.08 bits per heavy atom. The molecular formula is C21H20N4O. The van der Waals surface area contributed by atoms with E-state index in [1.54, 1.807) is 10.9 Å². The molecule has 0 saturated heterocycles. The second kappa shape index (κ2) is 7.27. The summed E-state index contributed by atoms with van der Waals surface area (Å²) < 4.78 is 1.79. The molecule has 0 spiro atoms. The average Bonchev–Trinajstić information content (AvgIpc) is 3.30. The molecule has 0 unspecified atom stereocenters. The van der Waals surface area contributed by atoms with Gasteiger partial charge >= 0.3 is 0 Å². The summed E-state index contributed by atoms with van der Waals surface area (Å²) in [4.78, 5) is 15.5. The molecule has 0 saturated carbocycles. The van der Waals surface area contributed by atoms with Gasteiger partial charge in [0.1, 0.15) is 0 Å². The molecule has 0 aliphatic rings. The summed E-state index contributed by atoms with van der Waals surface area (Å²) in [6.07, 6.45) is 6.79. The number of aromatic amines is 1. The molecule has 0 fully saturated rings. The van der Waals surface area contributed by atoms with Crippen LogP contribution in [0.1, 0.15) is 11.1 Å². The van der Waals surface area contributed by atoms with Gasteiger partial charge in [-0.05, 0) is 35.7 Å². The van der Waals surface area contributed by atoms with E-state index in [-0.39, 0.29) is 5.91 Å². The van der Waals surface area contributed by atoms with Crippen LogP contribution in [0.5, 0.6) is 0 Å². The largest absolute Gasteiger partial charge is 0.361 e. The minimum absolute atomic E-state index is 0.0115. The number of H-pyrrole nitrogens is 1. The zero-order chi connectivity index (χ0) is 17.8. The van der Waals surface area contributed by atoms with Crippen molar-refractivity contribution in [1.82, 2.24) is 20.1 Å². The van der Waals surface area contributed by atoms with Crippen LogP contribution >= 0.6 is 0 Å². The molecule has 2 aromatic heterocycles. The summed E-state index contributed by atoms with van der Waals surface area (Å²) in [5.74, 6) is 0.0115. The molecule has 2 heterocycles. The molecule has 2 N–H and O–H groups in total. The molecule has 2 aromatic carbocycles. The lowest BCUT2D eigenvalue weighted by atomic mass is 10.1. The first-order chi connectivity index (χ1) is 12.8. The Morgan fingerprint density at radius 2 is 1.88 bits per heavy atom. The molecule has 5 nitrogen and oxygen atoms in total. The number of nitrogens with one attached hydrogen (secondary N) is 2. The molecular weight excluding hydrogens is 324 g/mol. The number of aromatic nitrogens is 3. The van der Waals surface area contributed by atoms with Gasteiger partial charge in [-0.15, -0.1) is 0 Å². The minimum atomic E-state index is 0.0115. The van der Waals surface area contributed by atoms with Crippen molar-refractivity contribution in [3.05, 3.63) is 84.3 Å². The summed E-state index contributed by atoms with van der Waals surface area (Å²) in [5.41, 5.74) is 4.23. The number of carbonyl (C=O) groups is 1. The van der Waals surface area contributed by atoms with Gasteiger partial charge in [-0.1, -0.05) is 36.4 Å². The van der Waals surface area contributed by atoms with E-state index in [2.05, 4.69) is 27.5 Å². The Kier molecular flexibility index (Phi) is 4.51. The van der Waals surface area contributed by atoms with Crippen LogP contribution in [0, 0.1) is 0 Å². The lowest BCUT2D eigenvalue weighted by Gasteiger charge is -2.04. The highest BCUT2D eigenvalue weighted by atomic mass is 16.1. The normalized spacial score (nSPS) is 10.9. The minimum Gasteiger partial charge on any atom is -0.361 e. The van der Waals surface area contributed by atoms with E-state index >= 15 is 0 Å². The van der Waals surface area contributed by atoms with Crippen LogP contribution < -0.4 is 5.32 Å². The summed E-state index contributed by atoms with van der Waals surface area (Å²) >= 11 is 0. The number of hydrogen-bond acceptors (Lipinski definition) is 2. The maximum absolute atomic E-state index is 12.2. The third-order valence-corrected chi connectivity index (χ3v) is 4.41. The molecule has 0 radical (unpaired) electrons. The predicted octanol–water partition coefficient (Wildman–Crippen LogP) is 3.26. The van der Waals surface area contributed by atoms with Gasteiger partial charge in [0, 0.05) is 29.8 Å². The number of para-hydroxylation sites is 2. The highest BCUT2D eigenvalue weighted by Gasteiger charge is 2.08. The van der Waals surface area contributed by atoms with E-state index in [1.165, 1.54) is 10.9 Å². The van der Waals surface area contributed by atoms with Crippen LogP contribution in [0.15, 0.2) is 73.2 Å². The molecule has 4 rings (SSSR count). The summed E-state index contributed by atoms with van der Waals surface area (Å²) in [5, 5.41) is 8.53. The fourth-order valence-electron chi connectivity index (χ4n) is 3.10. The van der Waals surface area contributed by atoms with Gasteiger partial charge in [-0.2, -0.15) is 5.10 Å². The summed E-state index contributed by atoms with van der Waals surface area (Å²) in [7, 11) is 0. The third kappa shape index (κ3) is 3.52. The lowest BCUT2D eigenvalue weighted by Crippen LogP contribution is -2.27. The van der Waals surface area contributed by atoms with Gasteiger partial charge < -0.3 is 10.3 Å². The maximum atomic E-state index is 12.2. The van der Waals surface area contributed by atoms with Gasteiger partial charge in [0.25, 0.3) is 0 Å². The Labute approximate surface area is 151 Å². The Morgan fingerprint density at radius 3 is 2.77 bits per heavy atom. The van der Waals surface area contributed by atoms with Crippen LogP contribution in [-0.2, 0) is 17.6 Å². The molecule has 0 aliphatic carbocycles. The molecule has 0 atom stereocenters. The number of nitrogens with zero attached hydrogens (tertiary/aromatic N) is 2. The van der Waals surface area contributed by atoms with Crippen molar-refractivity contribution in [2.24, 2.45) is 0 Å². The Bertz CT molecular complexity index is 1020. The zero-order valence-corrected chi connectivity index (χ0v) is 14.4. The number of carbonyl (C=O) groups excluding carboxylic acids is 1. The number of benzene rings is 2. The zero-order valence-electron chi connectivity index (χ0n) is 14.4. The van der Waals surface area contributed by atoms with Crippen molar-refractivity contribution in [3.63, 3.8) is 0 Å². The van der Waals surface area contributed by atoms with Crippen LogP contribution in [0.25, 0.3) is 16.6 Å². The highest BCUT2D eigenvalue weighted by Crippen LogP contribution is 2.17. The van der Waals surface area contributed by atoms with Crippen molar-refractivity contribution >= 4 is 16.8 Å². The van der Waals surface area contributed by atoms with E-state index in [0.717, 1.165) is 23.2 Å². The van der Waals surface area contributed by atoms with E-state index in [4.69, 9.17) is 0 Å². The first kappa shape index (κ1) is 16.1. The van der Waals surface area contributed by atoms with E-state index in [9.17, 15) is 4.79 Å². The van der Waals surface area contributed by atoms with Gasteiger partial charge in [-0.3, -0.25) is 4.79 Å². The number of hydrogen-bond donors (Lipinski definition) is 2. The van der Waals surface area contributed by atoms with E-state index < -0.39 is 0 Å². The number of fused-ring (bicyclic) bond motifs is 1. The van der Waals surface area contributed by atoms with Gasteiger partial charge in [-0.25, -0.2) is 4.68 Å². The summed E-state index contributed by atoms with van der Waals surface area (Å²) in [6, 6.07) is 18.1. The fraction of sp³-hybridized carbons (Fsp3) is 0.143. The smallest absolute Gasteiger partial charge is 0.224 e. The second-order valence-electron chi connectivity index (χ2n) is 6.26. The van der Waals surface area contributed by atoms with Crippen molar-refractivity contribution in [2.75, 3.05) is 6.54 Å². The first-order valence-electron chi connectivity index (χ1n) is 8.70. The molecule has 1 amide bonds. The molecule has 0 aliphatic heterocycles. The highest BCUT2D eigenvalue weighted by molar-refractivity contribution is 5.83. The first-order valence-corrected chi connectivity index (χ1v) is 8.70. The van der Waals surface area contributed by atoms with Crippen LogP contribution in [0.2, 0.25) is 0 Å². The van der Waals surface area contributed by atoms with Gasteiger partial charge in [0.15, 0.2) is 0 Å². The van der Waals surface area contributed by atoms with Crippen molar-refractivity contribution < 1.29 is 4.79 Å². The molecule has 130 valence electrons. The monoisotopic (exact) mass is 344 g/mol. The molecule has 26 heavy (non-hydrogen) atoms. The standard InChI is InChI=1S/C21H20N4O/c26-21(12-16-13-24-25(15-16)18-6-2-1-3-7-18)22-11-10-17-14-23-20-9-5-4-8-19(17)20/h1-9,13-15,23H,10-12H2,(H,22,26). The predicted molar refractivity (Wildman–Crippen MR) is 102 cm³/mol. The molecule has 5 heteroatoms. The van der Waals surface area contributed by atoms with Gasteiger partial charge in [0.05, 0.1) is 18.3 Å². The van der Waals surface area contributed by atoms with Crippen LogP contribution in [-0.4, -0.2) is 27.2 Å². The fourth-order valence-corrected chi connectivity index (χ4v) is 3.10. The van der Waals surface area contributed by atoms with Gasteiger partial charge in [0.2, 0.25) is 5.91 Å². The topological polar surface area (TPSA) is 62.7 Å². The molecule has 4 aromatic rings. The quantitative estimate of drug-likeness (QED) is 0.564. The van der Waals surface area contributed by atoms with E-state index in [0.29, 0.717) is 13.0 Å². The Balaban J connectivity index is 1.31. The summed E-state index contributed by atoms with van der Waals surface area (Å²) in [6.45, 7) is 0.619. The van der Waals surface area contributed by atoms with Crippen LogP contribution in [0.3, 0.4) is 0 Å². The molecule has 0 bridgehead atoms. The van der Waals surface area contributed by atoms with Crippen LogP contribution in [0.4, 0.5) is 0 Å². The SMILES string of the molecule is O=C(Cc1cnn(-c2ccccc2)c1)NCCc1c[nH]c2ccccc12. The van der Waals surface area contributed by atoms with Crippen molar-refractivity contribution in [3.8, 4) is 5.69 Å². The van der Waals surface area contributed by atoms with Crippen molar-refractivity contribution in [1.29, 1.82) is 0 Å². The number of amides is 1. The lowest BCUT2D eigenvalue weighted by molar-refractivity contribution is -0.120. The third-order valence-electron chi connectivity index (χ3n) is 4.41. The Hall–Kier alpha value is -3.34. The van der Waals surface area contributed by atoms with Crippen molar-refractivity contribution in [2.45, 2.75) is 12.8 Å². The average molecular weight is 344 g/mol.